The molecule has 0 unspecified atom stereocenters. The number of nitrogens with zero attached hydrogens (tertiary/aromatic N) is 5. The van der Waals surface area contributed by atoms with E-state index in [0.29, 0.717) is 31.0 Å². The predicted molar refractivity (Wildman–Crippen MR) is 90.3 cm³/mol. The highest BCUT2D eigenvalue weighted by molar-refractivity contribution is 7.86. The SMILES string of the molecule is Cc1cnc(-c2cncc(C[C@@H]3CCN(S(=O)(=O)N(C)C)C3)n2)[nH]1. The molecule has 2 aromatic heterocycles. The predicted octanol–water partition coefficient (Wildman–Crippen LogP) is 0.846. The lowest BCUT2D eigenvalue weighted by atomic mass is 10.0. The maximum atomic E-state index is 12.2. The fourth-order valence-corrected chi connectivity index (χ4v) is 4.06. The van der Waals surface area contributed by atoms with E-state index in [1.54, 1.807) is 32.7 Å². The Kier molecular flexibility index (Phi) is 4.66. The van der Waals surface area contributed by atoms with Crippen molar-refractivity contribution in [2.75, 3.05) is 27.2 Å². The molecule has 24 heavy (non-hydrogen) atoms. The van der Waals surface area contributed by atoms with Crippen molar-refractivity contribution < 1.29 is 8.42 Å². The molecule has 1 fully saturated rings. The molecule has 3 heterocycles. The molecule has 0 bridgehead atoms. The highest BCUT2D eigenvalue weighted by atomic mass is 32.2. The zero-order valence-corrected chi connectivity index (χ0v) is 14.9. The molecule has 9 heteroatoms. The minimum Gasteiger partial charge on any atom is -0.341 e. The molecule has 1 aliphatic heterocycles. The number of hydrogen-bond acceptors (Lipinski definition) is 5. The lowest BCUT2D eigenvalue weighted by Crippen LogP contribution is -2.38. The van der Waals surface area contributed by atoms with E-state index in [4.69, 9.17) is 0 Å². The first-order chi connectivity index (χ1) is 11.4. The first-order valence-corrected chi connectivity index (χ1v) is 9.26. The average Bonchev–Trinajstić information content (AvgIpc) is 3.17. The van der Waals surface area contributed by atoms with Crippen LogP contribution in [0.25, 0.3) is 11.5 Å². The smallest absolute Gasteiger partial charge is 0.281 e. The maximum absolute atomic E-state index is 12.2. The van der Waals surface area contributed by atoms with Crippen molar-refractivity contribution in [1.82, 2.24) is 28.5 Å². The molecular formula is C15H22N6O2S. The fourth-order valence-electron chi connectivity index (χ4n) is 2.86. The Bertz CT molecular complexity index is 817. The zero-order valence-electron chi connectivity index (χ0n) is 14.1. The van der Waals surface area contributed by atoms with Gasteiger partial charge in [-0.05, 0) is 25.7 Å². The molecule has 1 aliphatic rings. The van der Waals surface area contributed by atoms with Crippen LogP contribution in [0.4, 0.5) is 0 Å². The van der Waals surface area contributed by atoms with Gasteiger partial charge in [0.2, 0.25) is 0 Å². The molecular weight excluding hydrogens is 328 g/mol. The highest BCUT2D eigenvalue weighted by Gasteiger charge is 2.32. The van der Waals surface area contributed by atoms with Crippen molar-refractivity contribution in [1.29, 1.82) is 0 Å². The van der Waals surface area contributed by atoms with Gasteiger partial charge in [-0.15, -0.1) is 0 Å². The topological polar surface area (TPSA) is 95.1 Å². The van der Waals surface area contributed by atoms with Gasteiger partial charge in [0.1, 0.15) is 5.69 Å². The molecule has 0 aromatic carbocycles. The summed E-state index contributed by atoms with van der Waals surface area (Å²) < 4.78 is 27.2. The number of hydrogen-bond donors (Lipinski definition) is 1. The van der Waals surface area contributed by atoms with Gasteiger partial charge in [-0.25, -0.2) is 9.97 Å². The molecule has 0 aliphatic carbocycles. The molecule has 0 amide bonds. The van der Waals surface area contributed by atoms with E-state index in [9.17, 15) is 8.42 Å². The molecule has 1 atom stereocenters. The van der Waals surface area contributed by atoms with Crippen LogP contribution in [0.3, 0.4) is 0 Å². The molecule has 1 N–H and O–H groups in total. The summed E-state index contributed by atoms with van der Waals surface area (Å²) in [5, 5.41) is 0. The van der Waals surface area contributed by atoms with Gasteiger partial charge >= 0.3 is 0 Å². The number of aromatic amines is 1. The molecule has 0 spiro atoms. The van der Waals surface area contributed by atoms with Crippen molar-refractivity contribution in [3.05, 3.63) is 30.0 Å². The van der Waals surface area contributed by atoms with Gasteiger partial charge in [0.05, 0.1) is 11.9 Å². The van der Waals surface area contributed by atoms with Gasteiger partial charge in [-0.3, -0.25) is 4.98 Å². The molecule has 130 valence electrons. The summed E-state index contributed by atoms with van der Waals surface area (Å²) in [5.41, 5.74) is 2.53. The van der Waals surface area contributed by atoms with Crippen molar-refractivity contribution in [3.8, 4) is 11.5 Å². The van der Waals surface area contributed by atoms with Crippen LogP contribution in [0, 0.1) is 12.8 Å². The largest absolute Gasteiger partial charge is 0.341 e. The molecule has 0 saturated carbocycles. The van der Waals surface area contributed by atoms with E-state index in [2.05, 4.69) is 19.9 Å². The van der Waals surface area contributed by atoms with Crippen LogP contribution in [0.1, 0.15) is 17.8 Å². The van der Waals surface area contributed by atoms with Gasteiger partial charge in [0.15, 0.2) is 5.82 Å². The van der Waals surface area contributed by atoms with Crippen molar-refractivity contribution >= 4 is 10.2 Å². The van der Waals surface area contributed by atoms with Crippen molar-refractivity contribution in [3.63, 3.8) is 0 Å². The highest BCUT2D eigenvalue weighted by Crippen LogP contribution is 2.24. The molecule has 0 radical (unpaired) electrons. The van der Waals surface area contributed by atoms with Crippen LogP contribution in [-0.2, 0) is 16.6 Å². The first-order valence-electron chi connectivity index (χ1n) is 7.87. The van der Waals surface area contributed by atoms with Gasteiger partial charge in [-0.2, -0.15) is 17.0 Å². The summed E-state index contributed by atoms with van der Waals surface area (Å²) >= 11 is 0. The molecule has 2 aromatic rings. The second-order valence-corrected chi connectivity index (χ2v) is 8.46. The monoisotopic (exact) mass is 350 g/mol. The van der Waals surface area contributed by atoms with E-state index in [-0.39, 0.29) is 5.92 Å². The zero-order chi connectivity index (χ0) is 17.3. The number of imidazole rings is 1. The van der Waals surface area contributed by atoms with Crippen molar-refractivity contribution in [2.45, 2.75) is 19.8 Å². The lowest BCUT2D eigenvalue weighted by Gasteiger charge is -2.20. The van der Waals surface area contributed by atoms with Gasteiger partial charge < -0.3 is 4.98 Å². The number of H-pyrrole nitrogens is 1. The Morgan fingerprint density at radius 3 is 2.79 bits per heavy atom. The van der Waals surface area contributed by atoms with E-state index in [0.717, 1.165) is 17.8 Å². The van der Waals surface area contributed by atoms with Crippen LogP contribution >= 0.6 is 0 Å². The number of aromatic nitrogens is 4. The van der Waals surface area contributed by atoms with Crippen LogP contribution in [-0.4, -0.2) is 64.1 Å². The Balaban J connectivity index is 1.69. The Morgan fingerprint density at radius 2 is 2.12 bits per heavy atom. The van der Waals surface area contributed by atoms with Crippen LogP contribution in [0.5, 0.6) is 0 Å². The van der Waals surface area contributed by atoms with Crippen molar-refractivity contribution in [2.24, 2.45) is 5.92 Å². The number of nitrogens with one attached hydrogen (secondary N) is 1. The molecule has 8 nitrogen and oxygen atoms in total. The second-order valence-electron chi connectivity index (χ2n) is 6.32. The molecule has 3 rings (SSSR count). The quantitative estimate of drug-likeness (QED) is 0.862. The first kappa shape index (κ1) is 17.0. The standard InChI is InChI=1S/C15H22N6O2S/c1-11-7-17-15(18-11)14-9-16-8-13(19-14)6-12-4-5-21(10-12)24(22,23)20(2)3/h7-9,12H,4-6,10H2,1-3H3,(H,17,18)/t12-/m0/s1. The van der Waals surface area contributed by atoms with E-state index >= 15 is 0 Å². The van der Waals surface area contributed by atoms with Crippen LogP contribution in [0.15, 0.2) is 18.6 Å². The van der Waals surface area contributed by atoms with Crippen LogP contribution in [0.2, 0.25) is 0 Å². The van der Waals surface area contributed by atoms with E-state index in [1.807, 2.05) is 6.92 Å². The maximum Gasteiger partial charge on any atom is 0.281 e. The lowest BCUT2D eigenvalue weighted by molar-refractivity contribution is 0.409. The Labute approximate surface area is 142 Å². The third-order valence-electron chi connectivity index (χ3n) is 4.16. The van der Waals surface area contributed by atoms with Gasteiger partial charge in [0, 0.05) is 45.3 Å². The normalized spacial score (nSPS) is 19.2. The third-order valence-corrected chi connectivity index (χ3v) is 6.07. The number of rotatable bonds is 5. The Morgan fingerprint density at radius 1 is 1.33 bits per heavy atom. The van der Waals surface area contributed by atoms with Gasteiger partial charge in [0.25, 0.3) is 10.2 Å². The van der Waals surface area contributed by atoms with Gasteiger partial charge in [-0.1, -0.05) is 0 Å². The average molecular weight is 350 g/mol. The Hall–Kier alpha value is -1.84. The second kappa shape index (κ2) is 6.58. The summed E-state index contributed by atoms with van der Waals surface area (Å²) in [6.45, 7) is 3.01. The van der Waals surface area contributed by atoms with Crippen LogP contribution < -0.4 is 0 Å². The minimum absolute atomic E-state index is 0.252. The summed E-state index contributed by atoms with van der Waals surface area (Å²) in [5.74, 6) is 0.952. The summed E-state index contributed by atoms with van der Waals surface area (Å²) in [4.78, 5) is 16.3. The minimum atomic E-state index is -3.33. The summed E-state index contributed by atoms with van der Waals surface area (Å²) in [6, 6.07) is 0. The summed E-state index contributed by atoms with van der Waals surface area (Å²) in [6.07, 6.45) is 6.71. The number of aryl methyl sites for hydroxylation is 1. The molecule has 1 saturated heterocycles. The van der Waals surface area contributed by atoms with E-state index in [1.165, 1.54) is 8.61 Å². The third kappa shape index (κ3) is 3.47. The van der Waals surface area contributed by atoms with E-state index < -0.39 is 10.2 Å². The summed E-state index contributed by atoms with van der Waals surface area (Å²) in [7, 11) is -0.218. The fraction of sp³-hybridized carbons (Fsp3) is 0.533.